The number of benzene rings is 2. The zero-order valence-electron chi connectivity index (χ0n) is 10.9. The average Bonchev–Trinajstić information content (AvgIpc) is 2.46. The minimum atomic E-state index is 0.509. The van der Waals surface area contributed by atoms with E-state index in [1.807, 2.05) is 42.5 Å². The Bertz CT molecular complexity index is 538. The maximum atomic E-state index is 5.75. The van der Waals surface area contributed by atoms with Crippen LogP contribution >= 0.6 is 15.9 Å². The van der Waals surface area contributed by atoms with Crippen LogP contribution in [0.4, 0.5) is 0 Å². The normalized spacial score (nSPS) is 10.1. The lowest BCUT2D eigenvalue weighted by Crippen LogP contribution is -1.96. The van der Waals surface area contributed by atoms with E-state index in [0.29, 0.717) is 6.61 Å². The molecule has 19 heavy (non-hydrogen) atoms. The van der Waals surface area contributed by atoms with Crippen LogP contribution in [0, 0.1) is 0 Å². The molecular formula is C15H15BrO3. The van der Waals surface area contributed by atoms with Crippen LogP contribution in [-0.4, -0.2) is 14.2 Å². The van der Waals surface area contributed by atoms with Gasteiger partial charge in [-0.2, -0.15) is 0 Å². The van der Waals surface area contributed by atoms with Gasteiger partial charge in [0.05, 0.1) is 18.7 Å². The van der Waals surface area contributed by atoms with Gasteiger partial charge in [-0.15, -0.1) is 0 Å². The summed E-state index contributed by atoms with van der Waals surface area (Å²) in [5.74, 6) is 2.43. The molecule has 0 N–H and O–H groups in total. The topological polar surface area (TPSA) is 27.7 Å². The lowest BCUT2D eigenvalue weighted by atomic mass is 10.2. The Labute approximate surface area is 121 Å². The highest BCUT2D eigenvalue weighted by Crippen LogP contribution is 2.29. The van der Waals surface area contributed by atoms with E-state index in [1.165, 1.54) is 0 Å². The third-order valence-corrected chi connectivity index (χ3v) is 3.31. The van der Waals surface area contributed by atoms with E-state index in [4.69, 9.17) is 14.2 Å². The third kappa shape index (κ3) is 3.64. The Balaban J connectivity index is 2.01. The highest BCUT2D eigenvalue weighted by Gasteiger charge is 2.03. The summed E-state index contributed by atoms with van der Waals surface area (Å²) in [7, 11) is 3.29. The number of hydrogen-bond donors (Lipinski definition) is 0. The van der Waals surface area contributed by atoms with E-state index in [0.717, 1.165) is 27.3 Å². The van der Waals surface area contributed by atoms with Crippen LogP contribution in [0.15, 0.2) is 46.9 Å². The molecule has 0 atom stereocenters. The van der Waals surface area contributed by atoms with Crippen molar-refractivity contribution < 1.29 is 14.2 Å². The zero-order chi connectivity index (χ0) is 13.7. The largest absolute Gasteiger partial charge is 0.497 e. The van der Waals surface area contributed by atoms with Gasteiger partial charge in [0, 0.05) is 0 Å². The van der Waals surface area contributed by atoms with Crippen LogP contribution in [0.1, 0.15) is 5.56 Å². The van der Waals surface area contributed by atoms with Crippen molar-refractivity contribution in [1.82, 2.24) is 0 Å². The third-order valence-electron chi connectivity index (χ3n) is 2.69. The molecule has 0 fully saturated rings. The molecule has 3 nitrogen and oxygen atoms in total. The van der Waals surface area contributed by atoms with Gasteiger partial charge in [-0.3, -0.25) is 0 Å². The molecule has 0 aliphatic heterocycles. The summed E-state index contributed by atoms with van der Waals surface area (Å²) in [4.78, 5) is 0. The van der Waals surface area contributed by atoms with Crippen LogP contribution in [0.2, 0.25) is 0 Å². The number of hydrogen-bond acceptors (Lipinski definition) is 3. The second kappa shape index (κ2) is 6.48. The lowest BCUT2D eigenvalue weighted by molar-refractivity contribution is 0.303. The molecule has 0 saturated carbocycles. The lowest BCUT2D eigenvalue weighted by Gasteiger charge is -2.10. The molecular weight excluding hydrogens is 308 g/mol. The van der Waals surface area contributed by atoms with Gasteiger partial charge in [0.1, 0.15) is 23.9 Å². The second-order valence-electron chi connectivity index (χ2n) is 3.93. The Morgan fingerprint density at radius 1 is 0.895 bits per heavy atom. The van der Waals surface area contributed by atoms with Gasteiger partial charge < -0.3 is 14.2 Å². The fourth-order valence-corrected chi connectivity index (χ4v) is 2.08. The Kier molecular flexibility index (Phi) is 4.68. The van der Waals surface area contributed by atoms with E-state index in [-0.39, 0.29) is 0 Å². The van der Waals surface area contributed by atoms with Crippen LogP contribution in [0.25, 0.3) is 0 Å². The maximum Gasteiger partial charge on any atom is 0.134 e. The molecule has 0 radical (unpaired) electrons. The number of methoxy groups -OCH3 is 2. The Morgan fingerprint density at radius 2 is 1.53 bits per heavy atom. The van der Waals surface area contributed by atoms with E-state index in [1.54, 1.807) is 14.2 Å². The minimum absolute atomic E-state index is 0.509. The van der Waals surface area contributed by atoms with Crippen molar-refractivity contribution in [3.8, 4) is 17.2 Å². The Morgan fingerprint density at radius 3 is 2.11 bits per heavy atom. The maximum absolute atomic E-state index is 5.75. The van der Waals surface area contributed by atoms with Crippen molar-refractivity contribution in [3.63, 3.8) is 0 Å². The van der Waals surface area contributed by atoms with Gasteiger partial charge in [-0.1, -0.05) is 12.1 Å². The number of ether oxygens (including phenoxy) is 3. The van der Waals surface area contributed by atoms with Gasteiger partial charge in [0.2, 0.25) is 0 Å². The van der Waals surface area contributed by atoms with E-state index in [9.17, 15) is 0 Å². The molecule has 100 valence electrons. The first kappa shape index (κ1) is 13.7. The highest BCUT2D eigenvalue weighted by molar-refractivity contribution is 9.10. The van der Waals surface area contributed by atoms with Crippen molar-refractivity contribution in [2.75, 3.05) is 14.2 Å². The molecule has 4 heteroatoms. The van der Waals surface area contributed by atoms with Crippen molar-refractivity contribution in [3.05, 3.63) is 52.5 Å². The molecule has 0 spiro atoms. The SMILES string of the molecule is COc1ccc(COc2ccc(OC)cc2Br)cc1. The first-order valence-electron chi connectivity index (χ1n) is 5.82. The van der Waals surface area contributed by atoms with Crippen molar-refractivity contribution in [1.29, 1.82) is 0 Å². The molecule has 0 aliphatic rings. The fourth-order valence-electron chi connectivity index (χ4n) is 1.61. The Hall–Kier alpha value is -1.68. The smallest absolute Gasteiger partial charge is 0.134 e. The molecule has 2 rings (SSSR count). The summed E-state index contributed by atoms with van der Waals surface area (Å²) in [6.45, 7) is 0.509. The van der Waals surface area contributed by atoms with E-state index < -0.39 is 0 Å². The summed E-state index contributed by atoms with van der Waals surface area (Å²) in [5, 5.41) is 0. The van der Waals surface area contributed by atoms with Crippen molar-refractivity contribution >= 4 is 15.9 Å². The van der Waals surface area contributed by atoms with Gasteiger partial charge in [0.25, 0.3) is 0 Å². The quantitative estimate of drug-likeness (QED) is 0.831. The zero-order valence-corrected chi connectivity index (χ0v) is 12.4. The molecule has 0 heterocycles. The van der Waals surface area contributed by atoms with Crippen LogP contribution < -0.4 is 14.2 Å². The highest BCUT2D eigenvalue weighted by atomic mass is 79.9. The minimum Gasteiger partial charge on any atom is -0.497 e. The van der Waals surface area contributed by atoms with Crippen molar-refractivity contribution in [2.24, 2.45) is 0 Å². The summed E-state index contributed by atoms with van der Waals surface area (Å²) in [6.07, 6.45) is 0. The monoisotopic (exact) mass is 322 g/mol. The number of rotatable bonds is 5. The van der Waals surface area contributed by atoms with Crippen LogP contribution in [0.3, 0.4) is 0 Å². The molecule has 0 saturated heterocycles. The molecule has 0 aromatic heterocycles. The standard InChI is InChI=1S/C15H15BrO3/c1-17-12-5-3-11(4-6-12)10-19-15-8-7-13(18-2)9-14(15)16/h3-9H,10H2,1-2H3. The van der Waals surface area contributed by atoms with Crippen molar-refractivity contribution in [2.45, 2.75) is 6.61 Å². The fraction of sp³-hybridized carbons (Fsp3) is 0.200. The van der Waals surface area contributed by atoms with Gasteiger partial charge >= 0.3 is 0 Å². The predicted molar refractivity (Wildman–Crippen MR) is 78.0 cm³/mol. The van der Waals surface area contributed by atoms with Gasteiger partial charge in [0.15, 0.2) is 0 Å². The van der Waals surface area contributed by atoms with Crippen LogP contribution in [0.5, 0.6) is 17.2 Å². The molecule has 2 aromatic rings. The number of halogens is 1. The summed E-state index contributed by atoms with van der Waals surface area (Å²) in [5.41, 5.74) is 1.09. The van der Waals surface area contributed by atoms with E-state index >= 15 is 0 Å². The first-order valence-corrected chi connectivity index (χ1v) is 6.61. The summed E-state index contributed by atoms with van der Waals surface area (Å²) >= 11 is 3.46. The summed E-state index contributed by atoms with van der Waals surface area (Å²) in [6, 6.07) is 13.4. The molecule has 2 aromatic carbocycles. The predicted octanol–water partition coefficient (Wildman–Crippen LogP) is 4.05. The molecule has 0 unspecified atom stereocenters. The van der Waals surface area contributed by atoms with Crippen LogP contribution in [-0.2, 0) is 6.61 Å². The summed E-state index contributed by atoms with van der Waals surface area (Å²) < 4.78 is 16.9. The first-order chi connectivity index (χ1) is 9.22. The van der Waals surface area contributed by atoms with Gasteiger partial charge in [-0.25, -0.2) is 0 Å². The molecule has 0 amide bonds. The van der Waals surface area contributed by atoms with Gasteiger partial charge in [-0.05, 0) is 51.8 Å². The molecule has 0 bridgehead atoms. The second-order valence-corrected chi connectivity index (χ2v) is 4.79. The van der Waals surface area contributed by atoms with E-state index in [2.05, 4.69) is 15.9 Å². The molecule has 0 aliphatic carbocycles. The average molecular weight is 323 g/mol.